The van der Waals surface area contributed by atoms with Gasteiger partial charge in [0.05, 0.1) is 18.0 Å². The molecule has 0 amide bonds. The molecule has 0 aromatic rings. The summed E-state index contributed by atoms with van der Waals surface area (Å²) >= 11 is 0. The van der Waals surface area contributed by atoms with E-state index in [0.717, 1.165) is 0 Å². The Balaban J connectivity index is 2.26. The van der Waals surface area contributed by atoms with Crippen LogP contribution >= 0.6 is 0 Å². The molecule has 8 heteroatoms. The van der Waals surface area contributed by atoms with Crippen molar-refractivity contribution in [1.82, 2.24) is 5.32 Å². The molecule has 22 heavy (non-hydrogen) atoms. The molecule has 0 aromatic heterocycles. The quantitative estimate of drug-likeness (QED) is 0.528. The van der Waals surface area contributed by atoms with Crippen LogP contribution in [-0.2, 0) is 9.68 Å². The molecule has 1 saturated carbocycles. The first kappa shape index (κ1) is 16.2. The van der Waals surface area contributed by atoms with Gasteiger partial charge in [-0.1, -0.05) is 0 Å². The van der Waals surface area contributed by atoms with Gasteiger partial charge < -0.3 is 30.5 Å². The maximum atomic E-state index is 13.7. The maximum absolute atomic E-state index is 13.7. The SMILES string of the molecule is CC1=C(O)/C(=C\N=C2C[C@@H](C(=O)[O-])C[C@@H]2F)C(CO[O-])=CN1. The van der Waals surface area contributed by atoms with Gasteiger partial charge in [0.25, 0.3) is 0 Å². The van der Waals surface area contributed by atoms with Gasteiger partial charge in [0.1, 0.15) is 11.9 Å². The van der Waals surface area contributed by atoms with Crippen LogP contribution in [0, 0.1) is 5.92 Å². The lowest BCUT2D eigenvalue weighted by Gasteiger charge is -2.20. The Hall–Kier alpha value is -2.19. The van der Waals surface area contributed by atoms with Crippen LogP contribution < -0.4 is 15.7 Å². The number of dihydropyridines is 1. The zero-order valence-corrected chi connectivity index (χ0v) is 11.8. The number of aliphatic hydroxyl groups excluding tert-OH is 1. The number of carboxylic acids is 1. The predicted octanol–water partition coefficient (Wildman–Crippen LogP) is -0.622. The van der Waals surface area contributed by atoms with Gasteiger partial charge >= 0.3 is 0 Å². The van der Waals surface area contributed by atoms with Crippen LogP contribution in [0.5, 0.6) is 0 Å². The van der Waals surface area contributed by atoms with E-state index < -0.39 is 18.1 Å². The highest BCUT2D eigenvalue weighted by atomic mass is 19.1. The fraction of sp³-hybridized carbons (Fsp3) is 0.429. The van der Waals surface area contributed by atoms with Crippen molar-refractivity contribution in [2.75, 3.05) is 6.61 Å². The van der Waals surface area contributed by atoms with Gasteiger partial charge in [0, 0.05) is 35.4 Å². The topological polar surface area (TPSA) is 117 Å². The molecule has 0 aromatic carbocycles. The summed E-state index contributed by atoms with van der Waals surface area (Å²) in [6, 6.07) is 0. The number of nitrogens with one attached hydrogen (secondary N) is 1. The van der Waals surface area contributed by atoms with Crippen molar-refractivity contribution in [2.45, 2.75) is 25.9 Å². The summed E-state index contributed by atoms with van der Waals surface area (Å²) in [7, 11) is 0. The Morgan fingerprint density at radius 3 is 3.00 bits per heavy atom. The number of carbonyl (C=O) groups is 1. The van der Waals surface area contributed by atoms with Gasteiger partial charge in [0.2, 0.25) is 0 Å². The smallest absolute Gasteiger partial charge is 0.143 e. The summed E-state index contributed by atoms with van der Waals surface area (Å²) in [5, 5.41) is 33.8. The minimum absolute atomic E-state index is 0.0356. The fourth-order valence-corrected chi connectivity index (χ4v) is 2.33. The average molecular weight is 310 g/mol. The molecule has 2 atom stereocenters. The van der Waals surface area contributed by atoms with Gasteiger partial charge in [-0.15, -0.1) is 0 Å². The maximum Gasteiger partial charge on any atom is 0.143 e. The van der Waals surface area contributed by atoms with Crippen molar-refractivity contribution >= 4 is 11.7 Å². The van der Waals surface area contributed by atoms with Crippen molar-refractivity contribution in [2.24, 2.45) is 10.9 Å². The van der Waals surface area contributed by atoms with E-state index in [9.17, 15) is 24.7 Å². The highest BCUT2D eigenvalue weighted by Gasteiger charge is 2.31. The van der Waals surface area contributed by atoms with Crippen molar-refractivity contribution in [3.63, 3.8) is 0 Å². The molecule has 1 heterocycles. The summed E-state index contributed by atoms with van der Waals surface area (Å²) in [5.41, 5.74) is 1.10. The summed E-state index contributed by atoms with van der Waals surface area (Å²) in [5.74, 6) is -2.34. The third-order valence-electron chi connectivity index (χ3n) is 3.63. The van der Waals surface area contributed by atoms with Crippen LogP contribution in [-0.4, -0.2) is 29.6 Å². The number of halogens is 1. The standard InChI is InChI=1S/C14H17FN2O5/c1-7-13(18)10(9(4-16-7)6-22-21)5-17-12-3-8(14(19)20)2-11(12)15/h4-5,8,11,16,18,21H,2-3,6H2,1H3,(H,19,20)/p-2/b10-5-,17-12?/t8-,11-/m0/s1. The summed E-state index contributed by atoms with van der Waals surface area (Å²) < 4.78 is 13.7. The second kappa shape index (κ2) is 6.71. The Kier molecular flexibility index (Phi) is 4.94. The van der Waals surface area contributed by atoms with Crippen LogP contribution in [0.15, 0.2) is 40.0 Å². The van der Waals surface area contributed by atoms with Crippen LogP contribution in [0.4, 0.5) is 4.39 Å². The van der Waals surface area contributed by atoms with Gasteiger partial charge in [-0.05, 0) is 19.8 Å². The van der Waals surface area contributed by atoms with Gasteiger partial charge in [0.15, 0.2) is 0 Å². The molecular formula is C14H15FN2O5-2. The minimum atomic E-state index is -1.46. The van der Waals surface area contributed by atoms with Crippen molar-refractivity contribution in [3.8, 4) is 0 Å². The molecule has 7 nitrogen and oxygen atoms in total. The lowest BCUT2D eigenvalue weighted by molar-refractivity contribution is -0.686. The summed E-state index contributed by atoms with van der Waals surface area (Å²) in [4.78, 5) is 18.5. The number of rotatable bonds is 4. The number of alkyl halides is 1. The number of hydrogen-bond acceptors (Lipinski definition) is 7. The minimum Gasteiger partial charge on any atom is -0.723 e. The van der Waals surface area contributed by atoms with E-state index in [-0.39, 0.29) is 36.5 Å². The molecule has 0 saturated heterocycles. The predicted molar refractivity (Wildman–Crippen MR) is 70.6 cm³/mol. The van der Waals surface area contributed by atoms with Gasteiger partial charge in [-0.2, -0.15) is 0 Å². The van der Waals surface area contributed by atoms with E-state index in [1.807, 2.05) is 0 Å². The van der Waals surface area contributed by atoms with Gasteiger partial charge in [-0.25, -0.2) is 4.39 Å². The van der Waals surface area contributed by atoms with E-state index in [4.69, 9.17) is 0 Å². The number of aliphatic hydroxyl groups is 1. The fourth-order valence-electron chi connectivity index (χ4n) is 2.33. The Labute approximate surface area is 126 Å². The summed E-state index contributed by atoms with van der Waals surface area (Å²) in [6.07, 6.45) is 1.02. The molecule has 1 fully saturated rings. The zero-order chi connectivity index (χ0) is 16.3. The molecule has 0 radical (unpaired) electrons. The normalized spacial score (nSPS) is 29.0. The second-order valence-electron chi connectivity index (χ2n) is 5.14. The van der Waals surface area contributed by atoms with Crippen LogP contribution in [0.1, 0.15) is 19.8 Å². The van der Waals surface area contributed by atoms with Gasteiger partial charge in [-0.3, -0.25) is 4.99 Å². The first-order chi connectivity index (χ1) is 10.4. The lowest BCUT2D eigenvalue weighted by Crippen LogP contribution is -2.29. The second-order valence-corrected chi connectivity index (χ2v) is 5.14. The number of carbonyl (C=O) groups excluding carboxylic acids is 1. The number of hydrogen-bond donors (Lipinski definition) is 2. The van der Waals surface area contributed by atoms with E-state index in [1.165, 1.54) is 12.4 Å². The number of aliphatic imine (C=N–C) groups is 1. The Morgan fingerprint density at radius 1 is 1.68 bits per heavy atom. The molecule has 1 aliphatic carbocycles. The molecule has 2 rings (SSSR count). The molecule has 0 spiro atoms. The van der Waals surface area contributed by atoms with E-state index in [2.05, 4.69) is 15.2 Å². The number of allylic oxidation sites excluding steroid dienone is 2. The van der Waals surface area contributed by atoms with E-state index in [0.29, 0.717) is 11.3 Å². The largest absolute Gasteiger partial charge is 0.723 e. The molecule has 0 unspecified atom stereocenters. The molecule has 2 N–H and O–H groups in total. The van der Waals surface area contributed by atoms with Crippen LogP contribution in [0.25, 0.3) is 0 Å². The molecule has 120 valence electrons. The lowest BCUT2D eigenvalue weighted by atomic mass is 10.0. The first-order valence-corrected chi connectivity index (χ1v) is 6.66. The molecule has 1 aliphatic heterocycles. The van der Waals surface area contributed by atoms with Crippen molar-refractivity contribution in [1.29, 1.82) is 0 Å². The average Bonchev–Trinajstić information content (AvgIpc) is 2.84. The zero-order valence-electron chi connectivity index (χ0n) is 11.8. The molecule has 0 bridgehead atoms. The highest BCUT2D eigenvalue weighted by Crippen LogP contribution is 2.27. The number of nitrogens with zero attached hydrogens (tertiary/aromatic N) is 1. The van der Waals surface area contributed by atoms with E-state index in [1.54, 1.807) is 6.92 Å². The molecule has 2 aliphatic rings. The van der Waals surface area contributed by atoms with Crippen LogP contribution in [0.3, 0.4) is 0 Å². The third-order valence-corrected chi connectivity index (χ3v) is 3.63. The third kappa shape index (κ3) is 3.34. The molecular weight excluding hydrogens is 295 g/mol. The van der Waals surface area contributed by atoms with Crippen molar-refractivity contribution < 1.29 is 29.5 Å². The highest BCUT2D eigenvalue weighted by molar-refractivity contribution is 5.95. The number of carboxylic acid groups (broad SMARTS) is 1. The Bertz CT molecular complexity index is 594. The Morgan fingerprint density at radius 2 is 2.41 bits per heavy atom. The van der Waals surface area contributed by atoms with Crippen molar-refractivity contribution in [3.05, 3.63) is 35.0 Å². The monoisotopic (exact) mass is 310 g/mol. The first-order valence-electron chi connectivity index (χ1n) is 6.66. The number of aliphatic carboxylic acids is 1. The van der Waals surface area contributed by atoms with Crippen LogP contribution in [0.2, 0.25) is 0 Å². The van der Waals surface area contributed by atoms with E-state index >= 15 is 0 Å². The summed E-state index contributed by atoms with van der Waals surface area (Å²) in [6.45, 7) is 1.31.